The van der Waals surface area contributed by atoms with Crippen LogP contribution in [-0.4, -0.2) is 70.6 Å². The molecule has 1 fully saturated rings. The molecule has 1 aliphatic heterocycles. The van der Waals surface area contributed by atoms with Gasteiger partial charge in [-0.05, 0) is 53.8 Å². The standard InChI is InChI=1S/C30H38N8O/c1-20-8-11-22(30(2,3)4)18-24(20)32-27-25-26(31-19-36(25)7)33-29(34-27)38-16-14-37(15-17-38)23-12-9-21(10-13-23)28(39)35(5)6/h8-13,18-19H,14-17H2,1-7H3,(H,32,33,34). The Morgan fingerprint density at radius 3 is 2.26 bits per heavy atom. The fourth-order valence-electron chi connectivity index (χ4n) is 4.86. The van der Waals surface area contributed by atoms with Crippen LogP contribution in [0.2, 0.25) is 0 Å². The highest BCUT2D eigenvalue weighted by molar-refractivity contribution is 5.94. The Bertz CT molecular complexity index is 1490. The van der Waals surface area contributed by atoms with Crippen molar-refractivity contribution in [2.75, 3.05) is 55.4 Å². The fraction of sp³-hybridized carbons (Fsp3) is 0.400. The van der Waals surface area contributed by atoms with Crippen LogP contribution < -0.4 is 15.1 Å². The number of piperazine rings is 1. The minimum Gasteiger partial charge on any atom is -0.368 e. The molecule has 4 aromatic rings. The first-order chi connectivity index (χ1) is 18.5. The molecule has 0 atom stereocenters. The van der Waals surface area contributed by atoms with Crippen LogP contribution >= 0.6 is 0 Å². The van der Waals surface area contributed by atoms with Crippen LogP contribution in [0.3, 0.4) is 0 Å². The van der Waals surface area contributed by atoms with Crippen LogP contribution in [0.15, 0.2) is 48.8 Å². The number of nitrogens with one attached hydrogen (secondary N) is 1. The summed E-state index contributed by atoms with van der Waals surface area (Å²) in [5.41, 5.74) is 6.88. The molecule has 9 heteroatoms. The van der Waals surface area contributed by atoms with Gasteiger partial charge in [0.25, 0.3) is 5.91 Å². The van der Waals surface area contributed by atoms with Crippen LogP contribution in [0.4, 0.5) is 23.1 Å². The van der Waals surface area contributed by atoms with Crippen molar-refractivity contribution in [3.8, 4) is 0 Å². The van der Waals surface area contributed by atoms with E-state index in [1.165, 1.54) is 5.56 Å². The molecular weight excluding hydrogens is 488 g/mol. The molecule has 0 radical (unpaired) electrons. The number of carbonyl (C=O) groups excluding carboxylic acids is 1. The number of carbonyl (C=O) groups is 1. The van der Waals surface area contributed by atoms with Crippen LogP contribution in [0.5, 0.6) is 0 Å². The van der Waals surface area contributed by atoms with E-state index in [2.05, 4.69) is 66.0 Å². The monoisotopic (exact) mass is 526 g/mol. The second-order valence-electron chi connectivity index (χ2n) is 11.5. The first-order valence-electron chi connectivity index (χ1n) is 13.4. The highest BCUT2D eigenvalue weighted by Crippen LogP contribution is 2.31. The average molecular weight is 527 g/mol. The van der Waals surface area contributed by atoms with Crippen molar-refractivity contribution in [2.45, 2.75) is 33.1 Å². The van der Waals surface area contributed by atoms with Gasteiger partial charge >= 0.3 is 0 Å². The molecule has 0 saturated carbocycles. The predicted molar refractivity (Wildman–Crippen MR) is 158 cm³/mol. The summed E-state index contributed by atoms with van der Waals surface area (Å²) in [6.45, 7) is 12.0. The SMILES string of the molecule is Cc1ccc(C(C)(C)C)cc1Nc1nc(N2CCN(c3ccc(C(=O)N(C)C)cc3)CC2)nc2ncn(C)c12. The van der Waals surface area contributed by atoms with E-state index >= 15 is 0 Å². The third-order valence-corrected chi connectivity index (χ3v) is 7.36. The maximum Gasteiger partial charge on any atom is 0.253 e. The molecule has 3 heterocycles. The number of aryl methyl sites for hydroxylation is 2. The molecule has 204 valence electrons. The number of hydrogen-bond acceptors (Lipinski definition) is 7. The lowest BCUT2D eigenvalue weighted by atomic mass is 9.86. The van der Waals surface area contributed by atoms with Gasteiger partial charge in [0.15, 0.2) is 11.5 Å². The summed E-state index contributed by atoms with van der Waals surface area (Å²) in [7, 11) is 5.51. The van der Waals surface area contributed by atoms with E-state index in [9.17, 15) is 4.79 Å². The number of aromatic nitrogens is 4. The summed E-state index contributed by atoms with van der Waals surface area (Å²) in [4.78, 5) is 32.8. The lowest BCUT2D eigenvalue weighted by Gasteiger charge is -2.36. The molecule has 0 bridgehead atoms. The Morgan fingerprint density at radius 1 is 0.949 bits per heavy atom. The quantitative estimate of drug-likeness (QED) is 0.402. The van der Waals surface area contributed by atoms with Crippen LogP contribution in [-0.2, 0) is 12.5 Å². The Kier molecular flexibility index (Phi) is 6.92. The van der Waals surface area contributed by atoms with Crippen LogP contribution in [0.1, 0.15) is 42.3 Å². The third-order valence-electron chi connectivity index (χ3n) is 7.36. The van der Waals surface area contributed by atoms with Gasteiger partial charge in [-0.1, -0.05) is 32.9 Å². The molecule has 2 aromatic heterocycles. The minimum atomic E-state index is 0.0122. The number of imidazole rings is 1. The highest BCUT2D eigenvalue weighted by atomic mass is 16.2. The first kappa shape index (κ1) is 26.5. The van der Waals surface area contributed by atoms with Crippen molar-refractivity contribution in [3.63, 3.8) is 0 Å². The third kappa shape index (κ3) is 5.39. The number of anilines is 4. The Morgan fingerprint density at radius 2 is 1.62 bits per heavy atom. The summed E-state index contributed by atoms with van der Waals surface area (Å²) < 4.78 is 1.97. The van der Waals surface area contributed by atoms with E-state index < -0.39 is 0 Å². The number of benzene rings is 2. The van der Waals surface area contributed by atoms with Gasteiger partial charge < -0.3 is 24.6 Å². The van der Waals surface area contributed by atoms with Crippen molar-refractivity contribution in [2.24, 2.45) is 7.05 Å². The second-order valence-corrected chi connectivity index (χ2v) is 11.5. The number of fused-ring (bicyclic) bond motifs is 1. The molecule has 1 amide bonds. The smallest absolute Gasteiger partial charge is 0.253 e. The number of amides is 1. The molecule has 39 heavy (non-hydrogen) atoms. The van der Waals surface area contributed by atoms with E-state index in [-0.39, 0.29) is 11.3 Å². The van der Waals surface area contributed by atoms with Crippen molar-refractivity contribution in [3.05, 3.63) is 65.5 Å². The lowest BCUT2D eigenvalue weighted by Crippen LogP contribution is -2.47. The van der Waals surface area contributed by atoms with Crippen molar-refractivity contribution < 1.29 is 4.79 Å². The van der Waals surface area contributed by atoms with Crippen molar-refractivity contribution in [1.29, 1.82) is 0 Å². The van der Waals surface area contributed by atoms with Crippen molar-refractivity contribution >= 4 is 40.2 Å². The first-order valence-corrected chi connectivity index (χ1v) is 13.4. The normalized spacial score (nSPS) is 14.1. The molecule has 0 spiro atoms. The van der Waals surface area contributed by atoms with Gasteiger partial charge in [-0.15, -0.1) is 0 Å². The molecule has 0 aliphatic carbocycles. The Balaban J connectivity index is 1.37. The number of nitrogens with zero attached hydrogens (tertiary/aromatic N) is 7. The largest absolute Gasteiger partial charge is 0.368 e. The summed E-state index contributed by atoms with van der Waals surface area (Å²) in [5.74, 6) is 1.45. The van der Waals surface area contributed by atoms with Gasteiger partial charge in [-0.3, -0.25) is 4.79 Å². The molecular formula is C30H38N8O. The van der Waals surface area contributed by atoms with E-state index in [0.29, 0.717) is 17.2 Å². The van der Waals surface area contributed by atoms with Crippen molar-refractivity contribution in [1.82, 2.24) is 24.4 Å². The summed E-state index contributed by atoms with van der Waals surface area (Å²) in [5, 5.41) is 3.61. The molecule has 9 nitrogen and oxygen atoms in total. The van der Waals surface area contributed by atoms with E-state index in [1.807, 2.05) is 35.9 Å². The molecule has 1 aliphatic rings. The topological polar surface area (TPSA) is 82.4 Å². The van der Waals surface area contributed by atoms with E-state index in [0.717, 1.165) is 54.5 Å². The fourth-order valence-corrected chi connectivity index (χ4v) is 4.86. The maximum absolute atomic E-state index is 12.2. The minimum absolute atomic E-state index is 0.0122. The molecule has 1 saturated heterocycles. The van der Waals surface area contributed by atoms with Gasteiger partial charge in [-0.2, -0.15) is 9.97 Å². The second kappa shape index (κ2) is 10.2. The Labute approximate surface area is 230 Å². The van der Waals surface area contributed by atoms with E-state index in [4.69, 9.17) is 9.97 Å². The lowest BCUT2D eigenvalue weighted by molar-refractivity contribution is 0.0827. The molecule has 1 N–H and O–H groups in total. The molecule has 5 rings (SSSR count). The van der Waals surface area contributed by atoms with Gasteiger partial charge in [-0.25, -0.2) is 4.98 Å². The van der Waals surface area contributed by atoms with Crippen LogP contribution in [0.25, 0.3) is 11.2 Å². The maximum atomic E-state index is 12.2. The van der Waals surface area contributed by atoms with Gasteiger partial charge in [0, 0.05) is 64.3 Å². The zero-order valence-electron chi connectivity index (χ0n) is 24.0. The van der Waals surface area contributed by atoms with Crippen LogP contribution in [0, 0.1) is 6.92 Å². The number of hydrogen-bond donors (Lipinski definition) is 1. The summed E-state index contributed by atoms with van der Waals surface area (Å²) in [6.07, 6.45) is 1.79. The van der Waals surface area contributed by atoms with Gasteiger partial charge in [0.2, 0.25) is 5.95 Å². The average Bonchev–Trinajstić information content (AvgIpc) is 3.29. The van der Waals surface area contributed by atoms with Gasteiger partial charge in [0.05, 0.1) is 6.33 Å². The zero-order valence-corrected chi connectivity index (χ0v) is 24.0. The summed E-state index contributed by atoms with van der Waals surface area (Å²) >= 11 is 0. The Hall–Kier alpha value is -4.14. The molecule has 0 unspecified atom stereocenters. The van der Waals surface area contributed by atoms with Gasteiger partial charge in [0.1, 0.15) is 5.52 Å². The van der Waals surface area contributed by atoms with E-state index in [1.54, 1.807) is 25.3 Å². The highest BCUT2D eigenvalue weighted by Gasteiger charge is 2.23. The number of rotatable bonds is 5. The summed E-state index contributed by atoms with van der Waals surface area (Å²) in [6, 6.07) is 14.4. The zero-order chi connectivity index (χ0) is 27.9. The molecule has 2 aromatic carbocycles. The predicted octanol–water partition coefficient (Wildman–Crippen LogP) is 4.74.